The predicted molar refractivity (Wildman–Crippen MR) is 67.8 cm³/mol. The van der Waals surface area contributed by atoms with E-state index in [2.05, 4.69) is 12.2 Å². The van der Waals surface area contributed by atoms with Crippen LogP contribution < -0.4 is 5.32 Å². The monoisotopic (exact) mass is 232 g/mol. The van der Waals surface area contributed by atoms with Crippen LogP contribution in [0.1, 0.15) is 23.6 Å². The Morgan fingerprint density at radius 3 is 2.88 bits per heavy atom. The molecule has 3 rings (SSSR count). The van der Waals surface area contributed by atoms with Crippen molar-refractivity contribution in [2.24, 2.45) is 7.05 Å². The minimum Gasteiger partial charge on any atom is -0.345 e. The van der Waals surface area contributed by atoms with Crippen LogP contribution in [0.5, 0.6) is 0 Å². The highest BCUT2D eigenvalue weighted by molar-refractivity contribution is 5.86. The molecule has 0 saturated carbocycles. The quantitative estimate of drug-likeness (QED) is 0.800. The van der Waals surface area contributed by atoms with Gasteiger partial charge in [-0.25, -0.2) is 4.39 Å². The maximum atomic E-state index is 13.9. The third-order valence-corrected chi connectivity index (χ3v) is 3.92. The van der Waals surface area contributed by atoms with Crippen LogP contribution in [0.2, 0.25) is 0 Å². The molecule has 1 saturated heterocycles. The van der Waals surface area contributed by atoms with E-state index in [1.165, 1.54) is 11.3 Å². The van der Waals surface area contributed by atoms with E-state index in [1.54, 1.807) is 12.1 Å². The van der Waals surface area contributed by atoms with Crippen LogP contribution in [-0.4, -0.2) is 17.7 Å². The van der Waals surface area contributed by atoms with Crippen molar-refractivity contribution in [3.8, 4) is 0 Å². The molecule has 1 aliphatic rings. The first-order chi connectivity index (χ1) is 8.20. The molecule has 3 heteroatoms. The zero-order valence-electron chi connectivity index (χ0n) is 10.3. The van der Waals surface area contributed by atoms with Crippen LogP contribution in [0.3, 0.4) is 0 Å². The lowest BCUT2D eigenvalue weighted by atomic mass is 10.0. The number of nitrogens with zero attached hydrogens (tertiary/aromatic N) is 1. The number of benzene rings is 1. The fourth-order valence-electron chi connectivity index (χ4n) is 3.14. The second-order valence-corrected chi connectivity index (χ2v) is 4.89. The summed E-state index contributed by atoms with van der Waals surface area (Å²) in [5.41, 5.74) is 3.26. The molecule has 0 aliphatic carbocycles. The second-order valence-electron chi connectivity index (χ2n) is 4.89. The van der Waals surface area contributed by atoms with Crippen LogP contribution in [0.4, 0.5) is 4.39 Å². The minimum absolute atomic E-state index is 0.120. The number of fused-ring (bicyclic) bond motifs is 1. The highest BCUT2D eigenvalue weighted by Gasteiger charge is 2.24. The summed E-state index contributed by atoms with van der Waals surface area (Å²) in [5.74, 6) is 0.400. The molecule has 1 N–H and O–H groups in total. The molecule has 1 unspecified atom stereocenters. The Morgan fingerprint density at radius 1 is 1.41 bits per heavy atom. The number of rotatable bonds is 1. The van der Waals surface area contributed by atoms with Gasteiger partial charge < -0.3 is 9.88 Å². The molecule has 1 atom stereocenters. The Hall–Kier alpha value is -1.35. The largest absolute Gasteiger partial charge is 0.345 e. The van der Waals surface area contributed by atoms with E-state index in [0.717, 1.165) is 30.4 Å². The summed E-state index contributed by atoms with van der Waals surface area (Å²) in [4.78, 5) is 0. The summed E-state index contributed by atoms with van der Waals surface area (Å²) >= 11 is 0. The van der Waals surface area contributed by atoms with Crippen LogP contribution in [0.15, 0.2) is 18.2 Å². The zero-order valence-corrected chi connectivity index (χ0v) is 10.3. The lowest BCUT2D eigenvalue weighted by Gasteiger charge is -2.12. The molecular formula is C14H17FN2. The highest BCUT2D eigenvalue weighted by atomic mass is 19.1. The molecule has 1 aromatic carbocycles. The van der Waals surface area contributed by atoms with Gasteiger partial charge in [-0.2, -0.15) is 0 Å². The molecule has 1 fully saturated rings. The maximum Gasteiger partial charge on any atom is 0.147 e. The Labute approximate surface area is 100 Å². The molecule has 0 spiro atoms. The molecule has 17 heavy (non-hydrogen) atoms. The minimum atomic E-state index is -0.120. The molecule has 0 amide bonds. The lowest BCUT2D eigenvalue weighted by Crippen LogP contribution is -2.11. The molecule has 1 aromatic heterocycles. The summed E-state index contributed by atoms with van der Waals surface area (Å²) in [6, 6.07) is 5.35. The molecule has 0 bridgehead atoms. The van der Waals surface area contributed by atoms with Crippen molar-refractivity contribution < 1.29 is 4.39 Å². The predicted octanol–water partition coefficient (Wildman–Crippen LogP) is 2.70. The van der Waals surface area contributed by atoms with Gasteiger partial charge in [-0.1, -0.05) is 12.1 Å². The van der Waals surface area contributed by atoms with Crippen molar-refractivity contribution in [3.05, 3.63) is 35.3 Å². The Balaban J connectivity index is 2.28. The molecular weight excluding hydrogens is 215 g/mol. The maximum absolute atomic E-state index is 13.9. The number of nitrogens with one attached hydrogen (secondary N) is 1. The highest BCUT2D eigenvalue weighted by Crippen LogP contribution is 2.33. The van der Waals surface area contributed by atoms with Gasteiger partial charge in [0, 0.05) is 30.6 Å². The first-order valence-electron chi connectivity index (χ1n) is 6.14. The zero-order chi connectivity index (χ0) is 12.0. The smallest absolute Gasteiger partial charge is 0.147 e. The average molecular weight is 232 g/mol. The number of aromatic nitrogens is 1. The number of hydrogen-bond acceptors (Lipinski definition) is 1. The van der Waals surface area contributed by atoms with Crippen LogP contribution in [-0.2, 0) is 7.05 Å². The van der Waals surface area contributed by atoms with Gasteiger partial charge in [0.1, 0.15) is 5.82 Å². The fraction of sp³-hybridized carbons (Fsp3) is 0.429. The summed E-state index contributed by atoms with van der Waals surface area (Å²) in [5, 5.41) is 4.43. The van der Waals surface area contributed by atoms with Gasteiger partial charge in [-0.3, -0.25) is 0 Å². The normalized spacial score (nSPS) is 20.3. The van der Waals surface area contributed by atoms with Gasteiger partial charge >= 0.3 is 0 Å². The van der Waals surface area contributed by atoms with E-state index in [9.17, 15) is 4.39 Å². The topological polar surface area (TPSA) is 17.0 Å². The van der Waals surface area contributed by atoms with E-state index in [4.69, 9.17) is 0 Å². The fourth-order valence-corrected chi connectivity index (χ4v) is 3.14. The van der Waals surface area contributed by atoms with Crippen molar-refractivity contribution in [2.75, 3.05) is 13.1 Å². The number of hydrogen-bond donors (Lipinski definition) is 1. The molecule has 2 heterocycles. The number of aryl methyl sites for hydroxylation is 2. The van der Waals surface area contributed by atoms with Gasteiger partial charge in [-0.05, 0) is 31.5 Å². The van der Waals surface area contributed by atoms with Gasteiger partial charge in [-0.15, -0.1) is 0 Å². The van der Waals surface area contributed by atoms with Gasteiger partial charge in [0.15, 0.2) is 0 Å². The SMILES string of the molecule is Cc1c(C2CCNC2)n(C)c2c(F)cccc12. The van der Waals surface area contributed by atoms with Crippen LogP contribution in [0, 0.1) is 12.7 Å². The molecule has 90 valence electrons. The molecule has 2 nitrogen and oxygen atoms in total. The Kier molecular flexibility index (Phi) is 2.44. The van der Waals surface area contributed by atoms with Gasteiger partial charge in [0.25, 0.3) is 0 Å². The summed E-state index contributed by atoms with van der Waals surface area (Å²) in [6.07, 6.45) is 1.15. The summed E-state index contributed by atoms with van der Waals surface area (Å²) < 4.78 is 15.9. The van der Waals surface area contributed by atoms with Gasteiger partial charge in [0.05, 0.1) is 5.52 Å². The molecule has 2 aromatic rings. The molecule has 0 radical (unpaired) electrons. The van der Waals surface area contributed by atoms with E-state index in [1.807, 2.05) is 17.7 Å². The third kappa shape index (κ3) is 1.49. The Bertz CT molecular complexity index is 565. The van der Waals surface area contributed by atoms with Crippen LogP contribution >= 0.6 is 0 Å². The van der Waals surface area contributed by atoms with E-state index in [-0.39, 0.29) is 5.82 Å². The number of para-hydroxylation sites is 1. The van der Waals surface area contributed by atoms with Gasteiger partial charge in [0.2, 0.25) is 0 Å². The van der Waals surface area contributed by atoms with Crippen molar-refractivity contribution in [1.82, 2.24) is 9.88 Å². The lowest BCUT2D eigenvalue weighted by molar-refractivity contribution is 0.624. The van der Waals surface area contributed by atoms with Crippen LogP contribution in [0.25, 0.3) is 10.9 Å². The average Bonchev–Trinajstić information content (AvgIpc) is 2.88. The first kappa shape index (κ1) is 10.8. The Morgan fingerprint density at radius 2 is 2.24 bits per heavy atom. The van der Waals surface area contributed by atoms with Crippen molar-refractivity contribution >= 4 is 10.9 Å². The first-order valence-corrected chi connectivity index (χ1v) is 6.14. The summed E-state index contributed by atoms with van der Waals surface area (Å²) in [6.45, 7) is 4.18. The van der Waals surface area contributed by atoms with Crippen molar-refractivity contribution in [3.63, 3.8) is 0 Å². The number of halogens is 1. The van der Waals surface area contributed by atoms with E-state index >= 15 is 0 Å². The third-order valence-electron chi connectivity index (χ3n) is 3.92. The van der Waals surface area contributed by atoms with E-state index < -0.39 is 0 Å². The van der Waals surface area contributed by atoms with Crippen molar-refractivity contribution in [1.29, 1.82) is 0 Å². The second kappa shape index (κ2) is 3.84. The van der Waals surface area contributed by atoms with Crippen molar-refractivity contribution in [2.45, 2.75) is 19.3 Å². The van der Waals surface area contributed by atoms with E-state index in [0.29, 0.717) is 5.92 Å². The molecule has 1 aliphatic heterocycles. The summed E-state index contributed by atoms with van der Waals surface area (Å²) in [7, 11) is 1.98. The standard InChI is InChI=1S/C14H17FN2/c1-9-11-4-3-5-12(15)14(11)17(2)13(9)10-6-7-16-8-10/h3-5,10,16H,6-8H2,1-2H3.